The largest absolute Gasteiger partial charge is 0.381 e. The van der Waals surface area contributed by atoms with Gasteiger partial charge in [-0.1, -0.05) is 19.1 Å². The van der Waals surface area contributed by atoms with E-state index in [0.29, 0.717) is 11.6 Å². The second-order valence-electron chi connectivity index (χ2n) is 8.04. The molecule has 1 aromatic carbocycles. The maximum Gasteiger partial charge on any atom is 0.194 e. The molecule has 0 bridgehead atoms. The number of aliphatic imine (C=N–C) groups is 1. The van der Waals surface area contributed by atoms with Gasteiger partial charge in [0.2, 0.25) is 0 Å². The van der Waals surface area contributed by atoms with Crippen molar-refractivity contribution < 1.29 is 9.13 Å². The molecule has 2 aromatic rings. The average molecular weight is 557 g/mol. The molecule has 3 heterocycles. The lowest BCUT2D eigenvalue weighted by molar-refractivity contribution is 0.187. The van der Waals surface area contributed by atoms with Crippen LogP contribution in [0, 0.1) is 11.7 Å². The minimum atomic E-state index is -0.162. The monoisotopic (exact) mass is 557 g/mol. The Morgan fingerprint density at radius 1 is 1.25 bits per heavy atom. The van der Waals surface area contributed by atoms with Crippen molar-refractivity contribution >= 4 is 35.6 Å². The van der Waals surface area contributed by atoms with Crippen LogP contribution in [0.5, 0.6) is 0 Å². The summed E-state index contributed by atoms with van der Waals surface area (Å²) in [4.78, 5) is 9.31. The number of halogens is 2. The van der Waals surface area contributed by atoms with E-state index in [9.17, 15) is 4.39 Å². The van der Waals surface area contributed by atoms with E-state index in [-0.39, 0.29) is 29.8 Å². The first-order valence-corrected chi connectivity index (χ1v) is 11.2. The molecule has 176 valence electrons. The number of hydrogen-bond acceptors (Lipinski definition) is 5. The number of anilines is 1. The van der Waals surface area contributed by atoms with Gasteiger partial charge in [0.25, 0.3) is 0 Å². The highest BCUT2D eigenvalue weighted by Crippen LogP contribution is 2.20. The van der Waals surface area contributed by atoms with Gasteiger partial charge in [-0.05, 0) is 18.6 Å². The van der Waals surface area contributed by atoms with Gasteiger partial charge in [0.15, 0.2) is 5.96 Å². The number of aryl methyl sites for hydroxylation is 1. The topological polar surface area (TPSA) is 70.8 Å². The zero-order chi connectivity index (χ0) is 21.5. The first kappa shape index (κ1) is 24.7. The van der Waals surface area contributed by atoms with Crippen LogP contribution in [0.2, 0.25) is 0 Å². The van der Waals surface area contributed by atoms with Crippen molar-refractivity contribution in [1.29, 1.82) is 0 Å². The van der Waals surface area contributed by atoms with Crippen LogP contribution in [0.4, 0.5) is 10.1 Å². The molecule has 0 amide bonds. The van der Waals surface area contributed by atoms with Crippen LogP contribution in [0.25, 0.3) is 0 Å². The highest BCUT2D eigenvalue weighted by Gasteiger charge is 2.22. The Hall–Kier alpha value is -1.95. The predicted octanol–water partition coefficient (Wildman–Crippen LogP) is 2.40. The van der Waals surface area contributed by atoms with Crippen LogP contribution in [0.15, 0.2) is 35.6 Å². The number of piperazine rings is 1. The van der Waals surface area contributed by atoms with Crippen LogP contribution in [-0.4, -0.2) is 78.1 Å². The fourth-order valence-corrected chi connectivity index (χ4v) is 4.11. The van der Waals surface area contributed by atoms with Gasteiger partial charge in [0, 0.05) is 64.8 Å². The summed E-state index contributed by atoms with van der Waals surface area (Å²) in [7, 11) is 0. The molecule has 2 saturated heterocycles. The van der Waals surface area contributed by atoms with Gasteiger partial charge in [-0.15, -0.1) is 34.2 Å². The molecule has 10 heteroatoms. The Bertz CT molecular complexity index is 863. The van der Waals surface area contributed by atoms with Crippen LogP contribution in [0.3, 0.4) is 0 Å². The maximum absolute atomic E-state index is 14.2. The highest BCUT2D eigenvalue weighted by atomic mass is 127. The Kier molecular flexibility index (Phi) is 9.51. The number of benzene rings is 1. The lowest BCUT2D eigenvalue weighted by atomic mass is 10.1. The number of aromatic nitrogens is 3. The summed E-state index contributed by atoms with van der Waals surface area (Å²) < 4.78 is 21.7. The normalized spacial score (nSPS) is 19.2. The third-order valence-electron chi connectivity index (χ3n) is 5.94. The van der Waals surface area contributed by atoms with Gasteiger partial charge in [-0.3, -0.25) is 4.99 Å². The van der Waals surface area contributed by atoms with Crippen molar-refractivity contribution in [1.82, 2.24) is 25.0 Å². The van der Waals surface area contributed by atoms with Crippen LogP contribution in [0.1, 0.15) is 19.2 Å². The summed E-state index contributed by atoms with van der Waals surface area (Å²) >= 11 is 0. The van der Waals surface area contributed by atoms with Gasteiger partial charge in [0.1, 0.15) is 18.0 Å². The van der Waals surface area contributed by atoms with Crippen molar-refractivity contribution in [2.75, 3.05) is 57.4 Å². The van der Waals surface area contributed by atoms with Crippen molar-refractivity contribution in [2.45, 2.75) is 26.3 Å². The molecular weight excluding hydrogens is 524 g/mol. The molecule has 0 saturated carbocycles. The molecule has 4 rings (SSSR count). The molecule has 2 aliphatic rings. The molecule has 2 aliphatic heterocycles. The third-order valence-corrected chi connectivity index (χ3v) is 5.94. The molecule has 8 nitrogen and oxygen atoms in total. The van der Waals surface area contributed by atoms with E-state index in [4.69, 9.17) is 9.73 Å². The zero-order valence-corrected chi connectivity index (χ0v) is 21.0. The van der Waals surface area contributed by atoms with E-state index in [1.54, 1.807) is 12.4 Å². The standard InChI is InChI=1S/C22H32FN7O.HI/c1-2-21-27-26-17-30(21)9-8-24-22(25-15-18-7-14-31-16-18)29-12-10-28(11-13-29)20-6-4-3-5-19(20)23;/h3-6,17-18H,2,7-16H2,1H3,(H,24,25);1H. The minimum absolute atomic E-state index is 0. The van der Waals surface area contributed by atoms with Crippen LogP contribution in [-0.2, 0) is 17.7 Å². The summed E-state index contributed by atoms with van der Waals surface area (Å²) in [6.45, 7) is 9.13. The molecule has 32 heavy (non-hydrogen) atoms. The number of hydrogen-bond donors (Lipinski definition) is 1. The SMILES string of the molecule is CCc1nncn1CCNC(=NCC1CCOC1)N1CCN(c2ccccc2F)CC1.I. The molecule has 0 aliphatic carbocycles. The zero-order valence-electron chi connectivity index (χ0n) is 18.6. The summed E-state index contributed by atoms with van der Waals surface area (Å²) in [5, 5.41) is 11.7. The lowest BCUT2D eigenvalue weighted by Crippen LogP contribution is -2.53. The molecular formula is C22H33FIN7O. The van der Waals surface area contributed by atoms with Gasteiger partial charge in [0.05, 0.1) is 12.3 Å². The Balaban J connectivity index is 0.00000289. The first-order valence-electron chi connectivity index (χ1n) is 11.2. The Morgan fingerprint density at radius 3 is 2.78 bits per heavy atom. The van der Waals surface area contributed by atoms with Gasteiger partial charge >= 0.3 is 0 Å². The summed E-state index contributed by atoms with van der Waals surface area (Å²) in [5.41, 5.74) is 0.677. The number of ether oxygens (including phenoxy) is 1. The fourth-order valence-electron chi connectivity index (χ4n) is 4.11. The van der Waals surface area contributed by atoms with Gasteiger partial charge in [-0.2, -0.15) is 0 Å². The first-order chi connectivity index (χ1) is 15.2. The van der Waals surface area contributed by atoms with E-state index in [2.05, 4.69) is 36.8 Å². The van der Waals surface area contributed by atoms with E-state index in [1.807, 2.05) is 12.1 Å². The van der Waals surface area contributed by atoms with E-state index >= 15 is 0 Å². The third kappa shape index (κ3) is 6.31. The molecule has 2 fully saturated rings. The minimum Gasteiger partial charge on any atom is -0.381 e. The van der Waals surface area contributed by atoms with E-state index < -0.39 is 0 Å². The predicted molar refractivity (Wildman–Crippen MR) is 134 cm³/mol. The van der Waals surface area contributed by atoms with Crippen molar-refractivity contribution in [3.05, 3.63) is 42.2 Å². The van der Waals surface area contributed by atoms with Gasteiger partial charge in [-0.25, -0.2) is 4.39 Å². The molecule has 1 atom stereocenters. The number of nitrogens with zero attached hydrogens (tertiary/aromatic N) is 6. The number of guanidine groups is 1. The fraction of sp³-hybridized carbons (Fsp3) is 0.591. The molecule has 1 N–H and O–H groups in total. The molecule has 0 radical (unpaired) electrons. The van der Waals surface area contributed by atoms with Crippen molar-refractivity contribution in [3.8, 4) is 0 Å². The average Bonchev–Trinajstić information content (AvgIpc) is 3.48. The highest BCUT2D eigenvalue weighted by molar-refractivity contribution is 14.0. The number of rotatable bonds is 7. The number of nitrogens with one attached hydrogen (secondary N) is 1. The lowest BCUT2D eigenvalue weighted by Gasteiger charge is -2.38. The molecule has 1 aromatic heterocycles. The number of para-hydroxylation sites is 1. The quantitative estimate of drug-likeness (QED) is 0.321. The Morgan fingerprint density at radius 2 is 2.06 bits per heavy atom. The maximum atomic E-state index is 14.2. The van der Waals surface area contributed by atoms with Crippen molar-refractivity contribution in [2.24, 2.45) is 10.9 Å². The second kappa shape index (κ2) is 12.3. The molecule has 0 spiro atoms. The van der Waals surface area contributed by atoms with Crippen LogP contribution >= 0.6 is 24.0 Å². The smallest absolute Gasteiger partial charge is 0.194 e. The summed E-state index contributed by atoms with van der Waals surface area (Å²) in [6, 6.07) is 6.99. The Labute approximate surface area is 206 Å². The second-order valence-corrected chi connectivity index (χ2v) is 8.04. The van der Waals surface area contributed by atoms with Gasteiger partial charge < -0.3 is 24.4 Å². The van der Waals surface area contributed by atoms with E-state index in [0.717, 1.165) is 83.7 Å². The van der Waals surface area contributed by atoms with Crippen molar-refractivity contribution in [3.63, 3.8) is 0 Å². The molecule has 1 unspecified atom stereocenters. The summed E-state index contributed by atoms with van der Waals surface area (Å²) in [5.74, 6) is 2.24. The van der Waals surface area contributed by atoms with Crippen LogP contribution < -0.4 is 10.2 Å². The van der Waals surface area contributed by atoms with E-state index in [1.165, 1.54) is 6.07 Å². The summed E-state index contributed by atoms with van der Waals surface area (Å²) in [6.07, 6.45) is 3.71.